The van der Waals surface area contributed by atoms with Crippen LogP contribution in [0.15, 0.2) is 52.0 Å². The first-order valence-electron chi connectivity index (χ1n) is 5.89. The molecule has 1 aromatic heterocycles. The van der Waals surface area contributed by atoms with Gasteiger partial charge in [0.15, 0.2) is 0 Å². The highest BCUT2D eigenvalue weighted by molar-refractivity contribution is 9.10. The first-order chi connectivity index (χ1) is 9.94. The minimum atomic E-state index is -3.66. The highest BCUT2D eigenvalue weighted by Gasteiger charge is 2.18. The molecular formula is C13H12BrN3O3S. The maximum absolute atomic E-state index is 12.1. The summed E-state index contributed by atoms with van der Waals surface area (Å²) in [6, 6.07) is 9.36. The number of aromatic nitrogens is 1. The predicted octanol–water partition coefficient (Wildman–Crippen LogP) is 2.00. The van der Waals surface area contributed by atoms with Gasteiger partial charge in [0.05, 0.1) is 5.69 Å². The zero-order chi connectivity index (χ0) is 15.5. The molecule has 0 unspecified atom stereocenters. The monoisotopic (exact) mass is 369 g/mol. The number of amides is 1. The second-order valence-corrected chi connectivity index (χ2v) is 6.79. The van der Waals surface area contributed by atoms with Crippen LogP contribution in [-0.2, 0) is 10.0 Å². The topological polar surface area (TPSA) is 88.2 Å². The molecule has 1 amide bonds. The molecule has 1 heterocycles. The van der Waals surface area contributed by atoms with Crippen molar-refractivity contribution in [2.45, 2.75) is 4.90 Å². The Bertz CT molecular complexity index is 760. The molecule has 6 nitrogen and oxygen atoms in total. The highest BCUT2D eigenvalue weighted by Crippen LogP contribution is 2.21. The van der Waals surface area contributed by atoms with Crippen molar-refractivity contribution in [2.24, 2.45) is 0 Å². The Kier molecular flexibility index (Phi) is 4.71. The summed E-state index contributed by atoms with van der Waals surface area (Å²) in [5, 5.41) is 2.55. The lowest BCUT2D eigenvalue weighted by atomic mass is 10.3. The van der Waals surface area contributed by atoms with E-state index in [1.165, 1.54) is 31.4 Å². The summed E-state index contributed by atoms with van der Waals surface area (Å²) in [5.74, 6) is -0.485. The van der Waals surface area contributed by atoms with Gasteiger partial charge < -0.3 is 5.32 Å². The van der Waals surface area contributed by atoms with Crippen molar-refractivity contribution in [1.82, 2.24) is 9.71 Å². The molecule has 0 fully saturated rings. The van der Waals surface area contributed by atoms with E-state index in [1.54, 1.807) is 18.2 Å². The van der Waals surface area contributed by atoms with E-state index >= 15 is 0 Å². The molecule has 2 rings (SSSR count). The Morgan fingerprint density at radius 1 is 1.19 bits per heavy atom. The number of halogens is 1. The van der Waals surface area contributed by atoms with Gasteiger partial charge in [-0.1, -0.05) is 12.1 Å². The molecule has 0 aliphatic rings. The van der Waals surface area contributed by atoms with Crippen molar-refractivity contribution >= 4 is 37.5 Å². The number of para-hydroxylation sites is 1. The lowest BCUT2D eigenvalue weighted by molar-refractivity contribution is 0.102. The molecule has 0 saturated heterocycles. The Hall–Kier alpha value is -1.77. The minimum absolute atomic E-state index is 0.00189. The summed E-state index contributed by atoms with van der Waals surface area (Å²) >= 11 is 3.23. The van der Waals surface area contributed by atoms with Gasteiger partial charge in [-0.2, -0.15) is 0 Å². The Morgan fingerprint density at radius 2 is 1.90 bits per heavy atom. The average molecular weight is 370 g/mol. The number of pyridine rings is 1. The van der Waals surface area contributed by atoms with Crippen molar-refractivity contribution in [2.75, 3.05) is 12.4 Å². The number of carbonyl (C=O) groups excluding carboxylic acids is 1. The van der Waals surface area contributed by atoms with Crippen LogP contribution in [0.25, 0.3) is 0 Å². The maximum atomic E-state index is 12.1. The van der Waals surface area contributed by atoms with Crippen LogP contribution in [0, 0.1) is 0 Å². The highest BCUT2D eigenvalue weighted by atomic mass is 79.9. The molecule has 0 atom stereocenters. The van der Waals surface area contributed by atoms with E-state index in [0.29, 0.717) is 0 Å². The number of anilines is 1. The lowest BCUT2D eigenvalue weighted by Crippen LogP contribution is -2.22. The second kappa shape index (κ2) is 6.33. The largest absolute Gasteiger partial charge is 0.319 e. The number of rotatable bonds is 4. The van der Waals surface area contributed by atoms with Crippen LogP contribution < -0.4 is 10.0 Å². The molecule has 1 aromatic carbocycles. The minimum Gasteiger partial charge on any atom is -0.319 e. The van der Waals surface area contributed by atoms with E-state index in [0.717, 1.165) is 4.47 Å². The lowest BCUT2D eigenvalue weighted by Gasteiger charge is -2.10. The zero-order valence-corrected chi connectivity index (χ0v) is 13.4. The number of nitrogens with zero attached hydrogens (tertiary/aromatic N) is 1. The van der Waals surface area contributed by atoms with Crippen LogP contribution in [0.5, 0.6) is 0 Å². The zero-order valence-electron chi connectivity index (χ0n) is 11.0. The number of nitrogens with one attached hydrogen (secondary N) is 2. The predicted molar refractivity (Wildman–Crippen MR) is 82.6 cm³/mol. The summed E-state index contributed by atoms with van der Waals surface area (Å²) in [6.07, 6.45) is 1.49. The molecule has 8 heteroatoms. The molecule has 0 bridgehead atoms. The first kappa shape index (κ1) is 15.6. The van der Waals surface area contributed by atoms with Gasteiger partial charge in [0.1, 0.15) is 10.6 Å². The fourth-order valence-corrected chi connectivity index (χ4v) is 2.73. The molecule has 110 valence electrons. The average Bonchev–Trinajstić information content (AvgIpc) is 2.48. The van der Waals surface area contributed by atoms with E-state index in [4.69, 9.17) is 0 Å². The number of hydrogen-bond acceptors (Lipinski definition) is 4. The van der Waals surface area contributed by atoms with Gasteiger partial charge in [0.2, 0.25) is 10.0 Å². The normalized spacial score (nSPS) is 11.1. The van der Waals surface area contributed by atoms with Gasteiger partial charge >= 0.3 is 0 Å². The third kappa shape index (κ3) is 3.66. The number of carbonyl (C=O) groups is 1. The van der Waals surface area contributed by atoms with Crippen LogP contribution in [-0.4, -0.2) is 26.4 Å². The molecule has 0 aliphatic carbocycles. The number of sulfonamides is 1. The molecule has 2 N–H and O–H groups in total. The maximum Gasteiger partial charge on any atom is 0.274 e. The van der Waals surface area contributed by atoms with Gasteiger partial charge in [0.25, 0.3) is 5.91 Å². The molecule has 0 radical (unpaired) electrons. The van der Waals surface area contributed by atoms with Crippen LogP contribution in [0.1, 0.15) is 10.5 Å². The van der Waals surface area contributed by atoms with Crippen LogP contribution in [0.3, 0.4) is 0 Å². The van der Waals surface area contributed by atoms with E-state index < -0.39 is 15.9 Å². The van der Waals surface area contributed by atoms with Gasteiger partial charge in [0, 0.05) is 10.7 Å². The molecule has 2 aromatic rings. The van der Waals surface area contributed by atoms with Crippen molar-refractivity contribution in [1.29, 1.82) is 0 Å². The van der Waals surface area contributed by atoms with E-state index in [2.05, 4.69) is 31.0 Å². The first-order valence-corrected chi connectivity index (χ1v) is 8.17. The van der Waals surface area contributed by atoms with Gasteiger partial charge in [-0.25, -0.2) is 18.1 Å². The van der Waals surface area contributed by atoms with Gasteiger partial charge in [-0.15, -0.1) is 0 Å². The van der Waals surface area contributed by atoms with Crippen LogP contribution in [0.4, 0.5) is 5.69 Å². The Balaban J connectivity index is 2.32. The van der Waals surface area contributed by atoms with Crippen molar-refractivity contribution < 1.29 is 13.2 Å². The van der Waals surface area contributed by atoms with Crippen molar-refractivity contribution in [3.05, 3.63) is 52.8 Å². The van der Waals surface area contributed by atoms with Crippen molar-refractivity contribution in [3.8, 4) is 0 Å². The summed E-state index contributed by atoms with van der Waals surface area (Å²) < 4.78 is 26.8. The summed E-state index contributed by atoms with van der Waals surface area (Å²) in [4.78, 5) is 16.0. The molecular weight excluding hydrogens is 358 g/mol. The van der Waals surface area contributed by atoms with Crippen LogP contribution >= 0.6 is 15.9 Å². The third-order valence-corrected chi connectivity index (χ3v) is 4.60. The number of hydrogen-bond donors (Lipinski definition) is 2. The number of benzene rings is 1. The molecule has 0 spiro atoms. The van der Waals surface area contributed by atoms with Crippen molar-refractivity contribution in [3.63, 3.8) is 0 Å². The second-order valence-electron chi connectivity index (χ2n) is 4.02. The molecule has 21 heavy (non-hydrogen) atoms. The summed E-state index contributed by atoms with van der Waals surface area (Å²) in [5.41, 5.74) is 0.386. The smallest absolute Gasteiger partial charge is 0.274 e. The Morgan fingerprint density at radius 3 is 2.52 bits per heavy atom. The fraction of sp³-hybridized carbons (Fsp3) is 0.0769. The van der Waals surface area contributed by atoms with E-state index in [9.17, 15) is 13.2 Å². The Labute approximate surface area is 130 Å². The third-order valence-electron chi connectivity index (χ3n) is 2.65. The van der Waals surface area contributed by atoms with E-state index in [-0.39, 0.29) is 16.3 Å². The van der Waals surface area contributed by atoms with Gasteiger partial charge in [-0.05, 0) is 47.2 Å². The SMILES string of the molecule is CNS(=O)(=O)c1ccccc1NC(=O)c1ccc(Br)cn1. The molecule has 0 saturated carbocycles. The summed E-state index contributed by atoms with van der Waals surface area (Å²) in [6.45, 7) is 0. The fourth-order valence-electron chi connectivity index (χ4n) is 1.61. The summed E-state index contributed by atoms with van der Waals surface area (Å²) in [7, 11) is -2.35. The standard InChI is InChI=1S/C13H12BrN3O3S/c1-15-21(19,20)12-5-3-2-4-10(12)17-13(18)11-7-6-9(14)8-16-11/h2-8,15H,1H3,(H,17,18). The van der Waals surface area contributed by atoms with E-state index in [1.807, 2.05) is 0 Å². The van der Waals surface area contributed by atoms with Crippen LogP contribution in [0.2, 0.25) is 0 Å². The van der Waals surface area contributed by atoms with Gasteiger partial charge in [-0.3, -0.25) is 4.79 Å². The molecule has 0 aliphatic heterocycles. The quantitative estimate of drug-likeness (QED) is 0.862.